The van der Waals surface area contributed by atoms with E-state index in [0.29, 0.717) is 23.7 Å². The molecular formula is C15H13N3O3. The number of benzene rings is 2. The molecule has 2 rings (SSSR count). The lowest BCUT2D eigenvalue weighted by molar-refractivity contribution is -0.384. The number of nitro groups is 1. The maximum atomic E-state index is 10.7. The SMILES string of the molecule is CCOc1ccccc1Nc1ccc([N+](=O)[O-])cc1C#N. The number of rotatable bonds is 5. The minimum absolute atomic E-state index is 0.116. The molecule has 0 heterocycles. The molecule has 0 aliphatic heterocycles. The van der Waals surface area contributed by atoms with Crippen molar-refractivity contribution in [3.63, 3.8) is 0 Å². The van der Waals surface area contributed by atoms with Gasteiger partial charge < -0.3 is 10.1 Å². The highest BCUT2D eigenvalue weighted by Crippen LogP contribution is 2.30. The number of ether oxygens (including phenoxy) is 1. The van der Waals surface area contributed by atoms with Crippen LogP contribution in [0.4, 0.5) is 17.1 Å². The molecule has 0 spiro atoms. The lowest BCUT2D eigenvalue weighted by Gasteiger charge is -2.13. The molecule has 0 radical (unpaired) electrons. The van der Waals surface area contributed by atoms with Gasteiger partial charge in [-0.1, -0.05) is 12.1 Å². The number of anilines is 2. The summed E-state index contributed by atoms with van der Waals surface area (Å²) in [6, 6.07) is 13.4. The Bertz CT molecular complexity index is 708. The minimum Gasteiger partial charge on any atom is -0.492 e. The summed E-state index contributed by atoms with van der Waals surface area (Å²) in [6.07, 6.45) is 0. The molecular weight excluding hydrogens is 270 g/mol. The Hall–Kier alpha value is -3.07. The average molecular weight is 283 g/mol. The second-order valence-corrected chi connectivity index (χ2v) is 4.15. The van der Waals surface area contributed by atoms with Gasteiger partial charge in [0.2, 0.25) is 0 Å². The Morgan fingerprint density at radius 3 is 2.71 bits per heavy atom. The van der Waals surface area contributed by atoms with Crippen molar-refractivity contribution in [1.82, 2.24) is 0 Å². The monoisotopic (exact) mass is 283 g/mol. The summed E-state index contributed by atoms with van der Waals surface area (Å²) in [5, 5.41) is 22.9. The van der Waals surface area contributed by atoms with E-state index in [-0.39, 0.29) is 11.3 Å². The number of nitrogens with one attached hydrogen (secondary N) is 1. The largest absolute Gasteiger partial charge is 0.492 e. The molecule has 0 bridgehead atoms. The molecule has 6 nitrogen and oxygen atoms in total. The predicted molar refractivity (Wildman–Crippen MR) is 78.7 cm³/mol. The summed E-state index contributed by atoms with van der Waals surface area (Å²) in [6.45, 7) is 2.40. The summed E-state index contributed by atoms with van der Waals surface area (Å²) >= 11 is 0. The molecule has 21 heavy (non-hydrogen) atoms. The number of hydrogen-bond acceptors (Lipinski definition) is 5. The first-order chi connectivity index (χ1) is 10.2. The third kappa shape index (κ3) is 3.28. The predicted octanol–water partition coefficient (Wildman–Crippen LogP) is 3.61. The van der Waals surface area contributed by atoms with Crippen LogP contribution in [0.5, 0.6) is 5.75 Å². The van der Waals surface area contributed by atoms with Crippen LogP contribution >= 0.6 is 0 Å². The number of nitriles is 1. The van der Waals surface area contributed by atoms with Gasteiger partial charge in [0.15, 0.2) is 0 Å². The van der Waals surface area contributed by atoms with Crippen LogP contribution in [0.25, 0.3) is 0 Å². The lowest BCUT2D eigenvalue weighted by Crippen LogP contribution is -1.99. The molecule has 0 aliphatic carbocycles. The van der Waals surface area contributed by atoms with Gasteiger partial charge in [-0.2, -0.15) is 5.26 Å². The van der Waals surface area contributed by atoms with Crippen molar-refractivity contribution in [2.45, 2.75) is 6.92 Å². The number of hydrogen-bond donors (Lipinski definition) is 1. The van der Waals surface area contributed by atoms with Crippen molar-refractivity contribution >= 4 is 17.1 Å². The average Bonchev–Trinajstić information content (AvgIpc) is 2.49. The van der Waals surface area contributed by atoms with Gasteiger partial charge in [0, 0.05) is 12.1 Å². The summed E-state index contributed by atoms with van der Waals surface area (Å²) in [5.74, 6) is 0.655. The fraction of sp³-hybridized carbons (Fsp3) is 0.133. The van der Waals surface area contributed by atoms with Crippen LogP contribution < -0.4 is 10.1 Å². The van der Waals surface area contributed by atoms with Crippen molar-refractivity contribution in [2.24, 2.45) is 0 Å². The fourth-order valence-corrected chi connectivity index (χ4v) is 1.84. The van der Waals surface area contributed by atoms with Crippen LogP contribution in [0.2, 0.25) is 0 Å². The van der Waals surface area contributed by atoms with Crippen molar-refractivity contribution in [2.75, 3.05) is 11.9 Å². The van der Waals surface area contributed by atoms with E-state index in [9.17, 15) is 10.1 Å². The first-order valence-electron chi connectivity index (χ1n) is 6.33. The van der Waals surface area contributed by atoms with E-state index in [4.69, 9.17) is 10.00 Å². The van der Waals surface area contributed by atoms with E-state index in [1.807, 2.05) is 37.3 Å². The van der Waals surface area contributed by atoms with Gasteiger partial charge in [-0.25, -0.2) is 0 Å². The number of para-hydroxylation sites is 2. The van der Waals surface area contributed by atoms with Crippen molar-refractivity contribution in [1.29, 1.82) is 5.26 Å². The van der Waals surface area contributed by atoms with Gasteiger partial charge in [0.25, 0.3) is 5.69 Å². The number of non-ortho nitro benzene ring substituents is 1. The summed E-state index contributed by atoms with van der Waals surface area (Å²) in [5.41, 5.74) is 1.28. The van der Waals surface area contributed by atoms with Gasteiger partial charge in [-0.05, 0) is 25.1 Å². The van der Waals surface area contributed by atoms with Crippen LogP contribution in [0.15, 0.2) is 42.5 Å². The molecule has 1 N–H and O–H groups in total. The molecule has 0 saturated heterocycles. The minimum atomic E-state index is -0.529. The molecule has 6 heteroatoms. The first kappa shape index (κ1) is 14.3. The molecule has 0 fully saturated rings. The number of nitrogens with zero attached hydrogens (tertiary/aromatic N) is 2. The van der Waals surface area contributed by atoms with Crippen molar-refractivity contribution in [3.8, 4) is 11.8 Å². The molecule has 0 aliphatic rings. The third-order valence-electron chi connectivity index (χ3n) is 2.79. The van der Waals surface area contributed by atoms with Crippen LogP contribution in [0, 0.1) is 21.4 Å². The molecule has 0 unspecified atom stereocenters. The van der Waals surface area contributed by atoms with Gasteiger partial charge in [-0.3, -0.25) is 10.1 Å². The Labute approximate surface area is 121 Å². The summed E-state index contributed by atoms with van der Waals surface area (Å²) in [7, 11) is 0. The first-order valence-corrected chi connectivity index (χ1v) is 6.33. The zero-order valence-electron chi connectivity index (χ0n) is 11.4. The highest BCUT2D eigenvalue weighted by Gasteiger charge is 2.12. The topological polar surface area (TPSA) is 88.2 Å². The normalized spacial score (nSPS) is 9.71. The van der Waals surface area contributed by atoms with Crippen molar-refractivity contribution < 1.29 is 9.66 Å². The van der Waals surface area contributed by atoms with E-state index >= 15 is 0 Å². The standard InChI is InChI=1S/C15H13N3O3/c1-2-21-15-6-4-3-5-14(15)17-13-8-7-12(18(19)20)9-11(13)10-16/h3-9,17H,2H2,1H3. The molecule has 2 aromatic rings. The fourth-order valence-electron chi connectivity index (χ4n) is 1.84. The van der Waals surface area contributed by atoms with Gasteiger partial charge in [0.1, 0.15) is 11.8 Å². The van der Waals surface area contributed by atoms with Crippen molar-refractivity contribution in [3.05, 3.63) is 58.1 Å². The zero-order valence-corrected chi connectivity index (χ0v) is 11.4. The van der Waals surface area contributed by atoms with Crippen LogP contribution in [0.3, 0.4) is 0 Å². The van der Waals surface area contributed by atoms with Crippen LogP contribution in [0.1, 0.15) is 12.5 Å². The second-order valence-electron chi connectivity index (χ2n) is 4.15. The highest BCUT2D eigenvalue weighted by molar-refractivity contribution is 5.71. The third-order valence-corrected chi connectivity index (χ3v) is 2.79. The maximum Gasteiger partial charge on any atom is 0.270 e. The zero-order chi connectivity index (χ0) is 15.2. The van der Waals surface area contributed by atoms with E-state index < -0.39 is 4.92 Å². The van der Waals surface area contributed by atoms with Crippen LogP contribution in [-0.2, 0) is 0 Å². The van der Waals surface area contributed by atoms with Gasteiger partial charge in [-0.15, -0.1) is 0 Å². The second kappa shape index (κ2) is 6.39. The van der Waals surface area contributed by atoms with Crippen LogP contribution in [-0.4, -0.2) is 11.5 Å². The smallest absolute Gasteiger partial charge is 0.270 e. The Morgan fingerprint density at radius 1 is 1.29 bits per heavy atom. The molecule has 0 saturated carbocycles. The number of nitro benzene ring substituents is 1. The van der Waals surface area contributed by atoms with Gasteiger partial charge in [0.05, 0.1) is 28.5 Å². The van der Waals surface area contributed by atoms with E-state index in [2.05, 4.69) is 5.32 Å². The van der Waals surface area contributed by atoms with E-state index in [0.717, 1.165) is 0 Å². The summed E-state index contributed by atoms with van der Waals surface area (Å²) < 4.78 is 5.49. The van der Waals surface area contributed by atoms with E-state index in [1.54, 1.807) is 0 Å². The maximum absolute atomic E-state index is 10.7. The quantitative estimate of drug-likeness (QED) is 0.669. The Morgan fingerprint density at radius 2 is 2.05 bits per heavy atom. The summed E-state index contributed by atoms with van der Waals surface area (Å²) in [4.78, 5) is 10.2. The van der Waals surface area contributed by atoms with E-state index in [1.165, 1.54) is 18.2 Å². The molecule has 0 amide bonds. The van der Waals surface area contributed by atoms with Gasteiger partial charge >= 0.3 is 0 Å². The lowest BCUT2D eigenvalue weighted by atomic mass is 10.1. The Kier molecular flexibility index (Phi) is 4.36. The molecule has 106 valence electrons. The highest BCUT2D eigenvalue weighted by atomic mass is 16.6. The molecule has 0 atom stereocenters. The Balaban J connectivity index is 2.36. The molecule has 0 aromatic heterocycles. The molecule has 2 aromatic carbocycles.